The lowest BCUT2D eigenvalue weighted by atomic mass is 10.1. The van der Waals surface area contributed by atoms with Crippen LogP contribution in [0.3, 0.4) is 0 Å². The molecule has 2 rings (SSSR count). The number of anilines is 2. The van der Waals surface area contributed by atoms with Crippen molar-refractivity contribution < 1.29 is 14.3 Å². The Morgan fingerprint density at radius 3 is 2.25 bits per heavy atom. The zero-order valence-electron chi connectivity index (χ0n) is 13.9. The molecule has 2 aromatic carbocycles. The fraction of sp³-hybridized carbons (Fsp3) is 0.263. The van der Waals surface area contributed by atoms with Gasteiger partial charge in [0.05, 0.1) is 6.61 Å². The highest BCUT2D eigenvalue weighted by molar-refractivity contribution is 5.94. The highest BCUT2D eigenvalue weighted by atomic mass is 16.5. The Balaban J connectivity index is 1.75. The van der Waals surface area contributed by atoms with Gasteiger partial charge in [0, 0.05) is 24.3 Å². The molecule has 1 N–H and O–H groups in total. The standard InChI is InChI=1S/C19H22N2O3/c1-15(18(22)21(2)17-11-7-4-8-12-17)13-14-24-19(23)20-16-9-5-3-6-10-16/h3-12,15H,13-14H2,1-2H3,(H,20,23). The Morgan fingerprint density at radius 1 is 1.04 bits per heavy atom. The molecule has 0 saturated heterocycles. The minimum Gasteiger partial charge on any atom is -0.449 e. The maximum absolute atomic E-state index is 12.4. The van der Waals surface area contributed by atoms with Gasteiger partial charge in [0.25, 0.3) is 0 Å². The van der Waals surface area contributed by atoms with E-state index in [4.69, 9.17) is 4.74 Å². The molecule has 2 aromatic rings. The summed E-state index contributed by atoms with van der Waals surface area (Å²) in [6.07, 6.45) is -0.0460. The number of amides is 2. The van der Waals surface area contributed by atoms with Crippen LogP contribution in [0.5, 0.6) is 0 Å². The molecule has 0 aromatic heterocycles. The van der Waals surface area contributed by atoms with E-state index in [1.807, 2.05) is 55.5 Å². The van der Waals surface area contributed by atoms with Gasteiger partial charge in [0.1, 0.15) is 0 Å². The first-order valence-electron chi connectivity index (χ1n) is 7.89. The highest BCUT2D eigenvalue weighted by Crippen LogP contribution is 2.16. The van der Waals surface area contributed by atoms with E-state index in [0.717, 1.165) is 5.69 Å². The molecule has 0 aliphatic carbocycles. The maximum atomic E-state index is 12.4. The van der Waals surface area contributed by atoms with E-state index < -0.39 is 6.09 Å². The van der Waals surface area contributed by atoms with E-state index in [-0.39, 0.29) is 18.4 Å². The van der Waals surface area contributed by atoms with E-state index in [2.05, 4.69) is 5.32 Å². The van der Waals surface area contributed by atoms with Crippen LogP contribution >= 0.6 is 0 Å². The van der Waals surface area contributed by atoms with Crippen molar-refractivity contribution in [1.82, 2.24) is 0 Å². The van der Waals surface area contributed by atoms with Gasteiger partial charge in [0.15, 0.2) is 0 Å². The number of para-hydroxylation sites is 2. The molecule has 0 heterocycles. The van der Waals surface area contributed by atoms with Crippen LogP contribution in [0.2, 0.25) is 0 Å². The molecule has 5 nitrogen and oxygen atoms in total. The van der Waals surface area contributed by atoms with Crippen molar-refractivity contribution in [2.75, 3.05) is 23.9 Å². The average Bonchev–Trinajstić information content (AvgIpc) is 2.62. The molecule has 0 radical (unpaired) electrons. The second kappa shape index (κ2) is 8.72. The van der Waals surface area contributed by atoms with Crippen LogP contribution in [0.1, 0.15) is 13.3 Å². The van der Waals surface area contributed by atoms with E-state index in [1.165, 1.54) is 0 Å². The summed E-state index contributed by atoms with van der Waals surface area (Å²) in [6, 6.07) is 18.5. The van der Waals surface area contributed by atoms with Gasteiger partial charge in [-0.1, -0.05) is 43.3 Å². The molecule has 0 fully saturated rings. The number of nitrogens with zero attached hydrogens (tertiary/aromatic N) is 1. The fourth-order valence-corrected chi connectivity index (χ4v) is 2.24. The van der Waals surface area contributed by atoms with Crippen LogP contribution in [0.4, 0.5) is 16.2 Å². The Hall–Kier alpha value is -2.82. The van der Waals surface area contributed by atoms with Crippen molar-refractivity contribution in [3.05, 3.63) is 60.7 Å². The molecule has 0 aliphatic heterocycles. The van der Waals surface area contributed by atoms with Crippen molar-refractivity contribution in [3.8, 4) is 0 Å². The van der Waals surface area contributed by atoms with Gasteiger partial charge in [-0.05, 0) is 30.7 Å². The van der Waals surface area contributed by atoms with E-state index in [1.54, 1.807) is 24.1 Å². The number of carbonyl (C=O) groups excluding carboxylic acids is 2. The summed E-state index contributed by atoms with van der Waals surface area (Å²) in [6.45, 7) is 2.02. The summed E-state index contributed by atoms with van der Waals surface area (Å²) in [7, 11) is 1.75. The molecule has 1 atom stereocenters. The minimum absolute atomic E-state index is 0.00623. The smallest absolute Gasteiger partial charge is 0.411 e. The Bertz CT molecular complexity index is 659. The topological polar surface area (TPSA) is 58.6 Å². The zero-order valence-corrected chi connectivity index (χ0v) is 13.9. The molecule has 0 saturated carbocycles. The lowest BCUT2D eigenvalue weighted by molar-refractivity contribution is -0.122. The lowest BCUT2D eigenvalue weighted by Crippen LogP contribution is -2.32. The van der Waals surface area contributed by atoms with Crippen LogP contribution < -0.4 is 10.2 Å². The summed E-state index contributed by atoms with van der Waals surface area (Å²) >= 11 is 0. The van der Waals surface area contributed by atoms with Crippen LogP contribution in [0.25, 0.3) is 0 Å². The van der Waals surface area contributed by atoms with Crippen LogP contribution in [0, 0.1) is 5.92 Å². The first-order valence-corrected chi connectivity index (χ1v) is 7.89. The third-order valence-corrected chi connectivity index (χ3v) is 3.70. The first kappa shape index (κ1) is 17.5. The van der Waals surface area contributed by atoms with Gasteiger partial charge in [0.2, 0.25) is 5.91 Å². The summed E-state index contributed by atoms with van der Waals surface area (Å²) in [5, 5.41) is 2.64. The summed E-state index contributed by atoms with van der Waals surface area (Å²) in [5.41, 5.74) is 1.52. The number of benzene rings is 2. The lowest BCUT2D eigenvalue weighted by Gasteiger charge is -2.21. The minimum atomic E-state index is -0.516. The van der Waals surface area contributed by atoms with Gasteiger partial charge in [-0.2, -0.15) is 0 Å². The largest absolute Gasteiger partial charge is 0.449 e. The van der Waals surface area contributed by atoms with Gasteiger partial charge >= 0.3 is 6.09 Å². The van der Waals surface area contributed by atoms with Gasteiger partial charge in [-0.3, -0.25) is 10.1 Å². The average molecular weight is 326 g/mol. The summed E-state index contributed by atoms with van der Waals surface area (Å²) in [5.74, 6) is -0.243. The van der Waals surface area contributed by atoms with Crippen LogP contribution in [-0.2, 0) is 9.53 Å². The molecule has 0 spiro atoms. The van der Waals surface area contributed by atoms with Crippen molar-refractivity contribution >= 4 is 23.4 Å². The van der Waals surface area contributed by atoms with Crippen molar-refractivity contribution in [3.63, 3.8) is 0 Å². The molecule has 1 unspecified atom stereocenters. The van der Waals surface area contributed by atoms with E-state index in [0.29, 0.717) is 12.1 Å². The number of carbonyl (C=O) groups is 2. The number of hydrogen-bond acceptors (Lipinski definition) is 3. The molecular weight excluding hydrogens is 304 g/mol. The fourth-order valence-electron chi connectivity index (χ4n) is 2.24. The maximum Gasteiger partial charge on any atom is 0.411 e. The predicted molar refractivity (Wildman–Crippen MR) is 95.0 cm³/mol. The molecule has 126 valence electrons. The van der Waals surface area contributed by atoms with Crippen LogP contribution in [-0.4, -0.2) is 25.7 Å². The second-order valence-corrected chi connectivity index (χ2v) is 5.55. The monoisotopic (exact) mass is 326 g/mol. The predicted octanol–water partition coefficient (Wildman–Crippen LogP) is 3.92. The normalized spacial score (nSPS) is 11.4. The molecule has 0 bridgehead atoms. The van der Waals surface area contributed by atoms with Gasteiger partial charge in [-0.25, -0.2) is 4.79 Å². The van der Waals surface area contributed by atoms with Crippen molar-refractivity contribution in [1.29, 1.82) is 0 Å². The molecule has 2 amide bonds. The van der Waals surface area contributed by atoms with Gasteiger partial charge < -0.3 is 9.64 Å². The van der Waals surface area contributed by atoms with E-state index >= 15 is 0 Å². The highest BCUT2D eigenvalue weighted by Gasteiger charge is 2.19. The molecular formula is C19H22N2O3. The number of ether oxygens (including phenoxy) is 1. The van der Waals surface area contributed by atoms with E-state index in [9.17, 15) is 9.59 Å². The zero-order chi connectivity index (χ0) is 17.4. The second-order valence-electron chi connectivity index (χ2n) is 5.55. The number of hydrogen-bond donors (Lipinski definition) is 1. The SMILES string of the molecule is CC(CCOC(=O)Nc1ccccc1)C(=O)N(C)c1ccccc1. The van der Waals surface area contributed by atoms with Crippen molar-refractivity contribution in [2.24, 2.45) is 5.92 Å². The molecule has 0 aliphatic rings. The quantitative estimate of drug-likeness (QED) is 0.875. The summed E-state index contributed by atoms with van der Waals surface area (Å²) < 4.78 is 5.13. The third-order valence-electron chi connectivity index (χ3n) is 3.70. The molecule has 24 heavy (non-hydrogen) atoms. The van der Waals surface area contributed by atoms with Crippen molar-refractivity contribution in [2.45, 2.75) is 13.3 Å². The molecule has 5 heteroatoms. The Kier molecular flexibility index (Phi) is 6.37. The number of nitrogens with one attached hydrogen (secondary N) is 1. The van der Waals surface area contributed by atoms with Gasteiger partial charge in [-0.15, -0.1) is 0 Å². The Morgan fingerprint density at radius 2 is 1.62 bits per heavy atom. The Labute approximate surface area is 142 Å². The van der Waals surface area contributed by atoms with Crippen LogP contribution in [0.15, 0.2) is 60.7 Å². The number of rotatable bonds is 6. The first-order chi connectivity index (χ1) is 11.6. The third kappa shape index (κ3) is 5.12. The summed E-state index contributed by atoms with van der Waals surface area (Å²) in [4.78, 5) is 25.7.